The number of aromatic amines is 1. The van der Waals surface area contributed by atoms with E-state index in [0.29, 0.717) is 5.69 Å². The first-order chi connectivity index (χ1) is 8.65. The van der Waals surface area contributed by atoms with Crippen molar-refractivity contribution in [3.05, 3.63) is 58.5 Å². The lowest BCUT2D eigenvalue weighted by Crippen LogP contribution is -2.14. The molecule has 18 heavy (non-hydrogen) atoms. The van der Waals surface area contributed by atoms with E-state index in [-0.39, 0.29) is 5.69 Å². The molecule has 0 spiro atoms. The van der Waals surface area contributed by atoms with Gasteiger partial charge in [-0.1, -0.05) is 12.1 Å². The van der Waals surface area contributed by atoms with Gasteiger partial charge in [0.1, 0.15) is 0 Å². The fraction of sp³-hybridized carbons (Fsp3) is 0.0714. The van der Waals surface area contributed by atoms with Crippen molar-refractivity contribution in [1.82, 2.24) is 9.55 Å². The van der Waals surface area contributed by atoms with E-state index in [1.165, 1.54) is 0 Å². The molecule has 0 unspecified atom stereocenters. The molecule has 1 heterocycles. The number of benzene rings is 2. The highest BCUT2D eigenvalue weighted by Gasteiger charge is 2.08. The van der Waals surface area contributed by atoms with E-state index >= 15 is 0 Å². The maximum atomic E-state index is 12.0. The molecule has 4 nitrogen and oxygen atoms in total. The van der Waals surface area contributed by atoms with Crippen LogP contribution in [-0.4, -0.2) is 9.55 Å². The number of hydrogen-bond acceptors (Lipinski definition) is 2. The molecular formula is C14H13N3O. The number of hydrogen-bond donors (Lipinski definition) is 2. The van der Waals surface area contributed by atoms with Crippen LogP contribution >= 0.6 is 0 Å². The van der Waals surface area contributed by atoms with Crippen LogP contribution in [0.25, 0.3) is 16.7 Å². The monoisotopic (exact) mass is 239 g/mol. The molecule has 0 radical (unpaired) electrons. The summed E-state index contributed by atoms with van der Waals surface area (Å²) in [6.45, 7) is 2.00. The SMILES string of the molecule is Cc1ccc2c(c1)[nH]c(=O)n2-c1cccc(N)c1. The zero-order chi connectivity index (χ0) is 12.7. The number of imidazole rings is 1. The first kappa shape index (κ1) is 10.7. The van der Waals surface area contributed by atoms with E-state index in [4.69, 9.17) is 5.73 Å². The number of anilines is 1. The Labute approximate surface area is 104 Å². The molecule has 0 fully saturated rings. The Morgan fingerprint density at radius 2 is 2.00 bits per heavy atom. The minimum absolute atomic E-state index is 0.152. The molecule has 3 aromatic rings. The normalized spacial score (nSPS) is 10.9. The molecule has 90 valence electrons. The van der Waals surface area contributed by atoms with Gasteiger partial charge in [0.25, 0.3) is 0 Å². The number of fused-ring (bicyclic) bond motifs is 1. The van der Waals surface area contributed by atoms with Crippen LogP contribution in [0, 0.1) is 6.92 Å². The number of nitrogens with one attached hydrogen (secondary N) is 1. The van der Waals surface area contributed by atoms with Gasteiger partial charge in [0.2, 0.25) is 0 Å². The molecule has 4 heteroatoms. The number of aryl methyl sites for hydroxylation is 1. The van der Waals surface area contributed by atoms with Gasteiger partial charge in [-0.2, -0.15) is 0 Å². The Morgan fingerprint density at radius 3 is 2.78 bits per heavy atom. The van der Waals surface area contributed by atoms with Crippen molar-refractivity contribution in [2.24, 2.45) is 0 Å². The molecule has 1 aromatic heterocycles. The molecule has 0 bridgehead atoms. The standard InChI is InChI=1S/C14H13N3O/c1-9-5-6-13-12(7-9)16-14(18)17(13)11-4-2-3-10(15)8-11/h2-8H,15H2,1H3,(H,16,18). The van der Waals surface area contributed by atoms with E-state index in [2.05, 4.69) is 4.98 Å². The van der Waals surface area contributed by atoms with Gasteiger partial charge < -0.3 is 10.7 Å². The second kappa shape index (κ2) is 3.77. The highest BCUT2D eigenvalue weighted by atomic mass is 16.1. The summed E-state index contributed by atoms with van der Waals surface area (Å²) in [7, 11) is 0. The van der Waals surface area contributed by atoms with Crippen LogP contribution in [0.1, 0.15) is 5.56 Å². The predicted octanol–water partition coefficient (Wildman–Crippen LogP) is 2.21. The molecule has 0 amide bonds. The average Bonchev–Trinajstić information content (AvgIpc) is 2.64. The molecule has 0 saturated heterocycles. The Kier molecular flexibility index (Phi) is 2.23. The van der Waals surface area contributed by atoms with Gasteiger partial charge in [-0.3, -0.25) is 4.57 Å². The van der Waals surface area contributed by atoms with Crippen LogP contribution in [0.3, 0.4) is 0 Å². The van der Waals surface area contributed by atoms with E-state index in [0.717, 1.165) is 22.3 Å². The number of nitrogens with zero attached hydrogens (tertiary/aromatic N) is 1. The molecule has 0 atom stereocenters. The minimum Gasteiger partial charge on any atom is -0.399 e. The average molecular weight is 239 g/mol. The summed E-state index contributed by atoms with van der Waals surface area (Å²) >= 11 is 0. The van der Waals surface area contributed by atoms with Crippen molar-refractivity contribution in [2.75, 3.05) is 5.73 Å². The highest BCUT2D eigenvalue weighted by molar-refractivity contribution is 5.78. The highest BCUT2D eigenvalue weighted by Crippen LogP contribution is 2.18. The van der Waals surface area contributed by atoms with E-state index in [1.807, 2.05) is 37.3 Å². The summed E-state index contributed by atoms with van der Waals surface area (Å²) < 4.78 is 1.63. The lowest BCUT2D eigenvalue weighted by molar-refractivity contribution is 1.02. The maximum Gasteiger partial charge on any atom is 0.331 e. The molecule has 0 aliphatic heterocycles. The Balaban J connectivity index is 2.35. The third kappa shape index (κ3) is 1.59. The smallest absolute Gasteiger partial charge is 0.331 e. The summed E-state index contributed by atoms with van der Waals surface area (Å²) in [6.07, 6.45) is 0. The van der Waals surface area contributed by atoms with Gasteiger partial charge in [0.15, 0.2) is 0 Å². The van der Waals surface area contributed by atoms with Crippen LogP contribution in [0.5, 0.6) is 0 Å². The van der Waals surface area contributed by atoms with Crippen molar-refractivity contribution < 1.29 is 0 Å². The topological polar surface area (TPSA) is 63.8 Å². The molecule has 0 aliphatic carbocycles. The second-order valence-corrected chi connectivity index (χ2v) is 4.38. The third-order valence-corrected chi connectivity index (χ3v) is 2.97. The summed E-state index contributed by atoms with van der Waals surface area (Å²) in [5.74, 6) is 0. The molecule has 0 saturated carbocycles. The predicted molar refractivity (Wildman–Crippen MR) is 73.0 cm³/mol. The summed E-state index contributed by atoms with van der Waals surface area (Å²) in [4.78, 5) is 14.9. The zero-order valence-corrected chi connectivity index (χ0v) is 9.97. The van der Waals surface area contributed by atoms with Gasteiger partial charge in [-0.05, 0) is 42.8 Å². The van der Waals surface area contributed by atoms with Crippen molar-refractivity contribution in [2.45, 2.75) is 6.92 Å². The lowest BCUT2D eigenvalue weighted by atomic mass is 10.2. The van der Waals surface area contributed by atoms with Gasteiger partial charge in [0.05, 0.1) is 16.7 Å². The van der Waals surface area contributed by atoms with Crippen molar-refractivity contribution >= 4 is 16.7 Å². The lowest BCUT2D eigenvalue weighted by Gasteiger charge is -2.04. The molecule has 3 rings (SSSR count). The number of nitrogen functional groups attached to an aromatic ring is 1. The molecule has 3 N–H and O–H groups in total. The largest absolute Gasteiger partial charge is 0.399 e. The minimum atomic E-state index is -0.152. The Bertz CT molecular complexity index is 783. The van der Waals surface area contributed by atoms with Crippen LogP contribution < -0.4 is 11.4 Å². The van der Waals surface area contributed by atoms with Crippen molar-refractivity contribution in [3.8, 4) is 5.69 Å². The fourth-order valence-corrected chi connectivity index (χ4v) is 2.15. The van der Waals surface area contributed by atoms with Crippen LogP contribution in [-0.2, 0) is 0 Å². The van der Waals surface area contributed by atoms with E-state index < -0.39 is 0 Å². The first-order valence-electron chi connectivity index (χ1n) is 5.72. The van der Waals surface area contributed by atoms with Crippen LogP contribution in [0.15, 0.2) is 47.3 Å². The van der Waals surface area contributed by atoms with Gasteiger partial charge in [-0.15, -0.1) is 0 Å². The van der Waals surface area contributed by atoms with E-state index in [1.54, 1.807) is 16.7 Å². The number of aromatic nitrogens is 2. The number of nitrogens with two attached hydrogens (primary N) is 1. The number of rotatable bonds is 1. The third-order valence-electron chi connectivity index (χ3n) is 2.97. The Morgan fingerprint density at radius 1 is 1.17 bits per heavy atom. The summed E-state index contributed by atoms with van der Waals surface area (Å²) in [6, 6.07) is 13.2. The number of H-pyrrole nitrogens is 1. The second-order valence-electron chi connectivity index (χ2n) is 4.38. The summed E-state index contributed by atoms with van der Waals surface area (Å²) in [5, 5.41) is 0. The van der Waals surface area contributed by atoms with Crippen LogP contribution in [0.2, 0.25) is 0 Å². The first-order valence-corrected chi connectivity index (χ1v) is 5.72. The van der Waals surface area contributed by atoms with Gasteiger partial charge in [-0.25, -0.2) is 4.79 Å². The molecule has 0 aliphatic rings. The summed E-state index contributed by atoms with van der Waals surface area (Å²) in [5.41, 5.74) is 9.83. The quantitative estimate of drug-likeness (QED) is 0.639. The van der Waals surface area contributed by atoms with Crippen molar-refractivity contribution in [1.29, 1.82) is 0 Å². The Hall–Kier alpha value is -2.49. The van der Waals surface area contributed by atoms with Crippen LogP contribution in [0.4, 0.5) is 5.69 Å². The van der Waals surface area contributed by atoms with Crippen molar-refractivity contribution in [3.63, 3.8) is 0 Å². The maximum absolute atomic E-state index is 12.0. The van der Waals surface area contributed by atoms with Gasteiger partial charge >= 0.3 is 5.69 Å². The molecular weight excluding hydrogens is 226 g/mol. The van der Waals surface area contributed by atoms with E-state index in [9.17, 15) is 4.79 Å². The fourth-order valence-electron chi connectivity index (χ4n) is 2.15. The zero-order valence-electron chi connectivity index (χ0n) is 9.97. The molecule has 2 aromatic carbocycles. The van der Waals surface area contributed by atoms with Gasteiger partial charge in [0, 0.05) is 5.69 Å².